The standard InChI is InChI=1S/C52H64BrN/c1-3-5-7-9-13-20-35-52(36-21-14-10-8-6-4-2)49-38-44(29-32-47(49)48-33-30-45(39-50(48)52)51-34-31-46(53)40-54-51)43-28-22-27-42(37-43)26-17-12-11-16-23-41-24-18-15-19-25-41/h15,18-19,22,24-25,27-34,37-40H,3-14,16-17,20-21,23,26,35-36H2,1-2H3. The first-order valence-corrected chi connectivity index (χ1v) is 22.4. The number of aromatic nitrogens is 1. The van der Waals surface area contributed by atoms with Gasteiger partial charge in [0.25, 0.3) is 0 Å². The van der Waals surface area contributed by atoms with Gasteiger partial charge < -0.3 is 0 Å². The Balaban J connectivity index is 1.26. The van der Waals surface area contributed by atoms with Crippen molar-refractivity contribution in [3.05, 3.63) is 136 Å². The summed E-state index contributed by atoms with van der Waals surface area (Å²) in [6.45, 7) is 4.64. The molecule has 4 aromatic carbocycles. The number of nitrogens with zero attached hydrogens (tertiary/aromatic N) is 1. The van der Waals surface area contributed by atoms with E-state index < -0.39 is 0 Å². The van der Waals surface area contributed by atoms with Crippen LogP contribution in [0.15, 0.2) is 114 Å². The maximum Gasteiger partial charge on any atom is 0.0702 e. The third-order valence-electron chi connectivity index (χ3n) is 12.1. The normalized spacial score (nSPS) is 12.9. The molecule has 6 rings (SSSR count). The molecule has 0 amide bonds. The van der Waals surface area contributed by atoms with Crippen molar-refractivity contribution in [1.82, 2.24) is 4.98 Å². The SMILES string of the molecule is CCCCCCCCC1(CCCCCCCC)c2cc(-c3cccc(CCCCCCc4ccccc4)c3)ccc2-c2ccc(-c3ccc(Br)cn3)cc21. The monoisotopic (exact) mass is 781 g/mol. The van der Waals surface area contributed by atoms with E-state index >= 15 is 0 Å². The molecular formula is C52H64BrN. The van der Waals surface area contributed by atoms with Gasteiger partial charge in [-0.1, -0.05) is 183 Å². The second kappa shape index (κ2) is 21.0. The Labute approximate surface area is 336 Å². The van der Waals surface area contributed by atoms with Crippen LogP contribution >= 0.6 is 15.9 Å². The average molecular weight is 783 g/mol. The van der Waals surface area contributed by atoms with Crippen LogP contribution in [0.4, 0.5) is 0 Å². The number of rotatable bonds is 23. The van der Waals surface area contributed by atoms with Gasteiger partial charge in [-0.25, -0.2) is 0 Å². The quantitative estimate of drug-likeness (QED) is 0.0602. The smallest absolute Gasteiger partial charge is 0.0702 e. The molecule has 54 heavy (non-hydrogen) atoms. The van der Waals surface area contributed by atoms with Crippen LogP contribution in [-0.4, -0.2) is 4.98 Å². The summed E-state index contributed by atoms with van der Waals surface area (Å²) in [5.74, 6) is 0. The summed E-state index contributed by atoms with van der Waals surface area (Å²) in [5, 5.41) is 0. The van der Waals surface area contributed by atoms with Crippen molar-refractivity contribution in [3.63, 3.8) is 0 Å². The highest BCUT2D eigenvalue weighted by Gasteiger charge is 2.42. The lowest BCUT2D eigenvalue weighted by molar-refractivity contribution is 0.398. The summed E-state index contributed by atoms with van der Waals surface area (Å²) in [6.07, 6.45) is 27.8. The lowest BCUT2D eigenvalue weighted by Crippen LogP contribution is -2.25. The molecule has 1 aromatic heterocycles. The van der Waals surface area contributed by atoms with E-state index in [1.54, 1.807) is 11.1 Å². The molecule has 284 valence electrons. The van der Waals surface area contributed by atoms with E-state index in [2.05, 4.69) is 133 Å². The zero-order valence-corrected chi connectivity index (χ0v) is 34.9. The number of benzene rings is 4. The first-order chi connectivity index (χ1) is 26.6. The van der Waals surface area contributed by atoms with Gasteiger partial charge in [-0.3, -0.25) is 4.98 Å². The van der Waals surface area contributed by atoms with Crippen molar-refractivity contribution in [2.45, 2.75) is 148 Å². The minimum absolute atomic E-state index is 0.0267. The molecule has 1 heterocycles. The van der Waals surface area contributed by atoms with E-state index in [-0.39, 0.29) is 5.41 Å². The van der Waals surface area contributed by atoms with Crippen LogP contribution in [0.3, 0.4) is 0 Å². The molecular weight excluding hydrogens is 718 g/mol. The van der Waals surface area contributed by atoms with Crippen molar-refractivity contribution in [2.24, 2.45) is 0 Å². The molecule has 1 nitrogen and oxygen atoms in total. The second-order valence-corrected chi connectivity index (χ2v) is 17.0. The van der Waals surface area contributed by atoms with E-state index in [0.29, 0.717) is 0 Å². The number of hydrogen-bond acceptors (Lipinski definition) is 1. The maximum atomic E-state index is 4.84. The molecule has 0 saturated carbocycles. The fourth-order valence-electron chi connectivity index (χ4n) is 9.02. The Morgan fingerprint density at radius 2 is 1.00 bits per heavy atom. The Morgan fingerprint density at radius 3 is 1.63 bits per heavy atom. The van der Waals surface area contributed by atoms with Gasteiger partial charge in [-0.15, -0.1) is 0 Å². The molecule has 2 heteroatoms. The molecule has 0 radical (unpaired) electrons. The molecule has 0 bridgehead atoms. The first-order valence-electron chi connectivity index (χ1n) is 21.7. The van der Waals surface area contributed by atoms with Crippen LogP contribution in [0.1, 0.15) is 152 Å². The van der Waals surface area contributed by atoms with Gasteiger partial charge in [0, 0.05) is 21.6 Å². The molecule has 5 aromatic rings. The topological polar surface area (TPSA) is 12.9 Å². The van der Waals surface area contributed by atoms with Gasteiger partial charge in [0.1, 0.15) is 0 Å². The third-order valence-corrected chi connectivity index (χ3v) is 12.6. The third kappa shape index (κ3) is 10.6. The van der Waals surface area contributed by atoms with Crippen molar-refractivity contribution < 1.29 is 0 Å². The molecule has 0 fully saturated rings. The van der Waals surface area contributed by atoms with Crippen LogP contribution in [0.2, 0.25) is 0 Å². The molecule has 1 aliphatic rings. The van der Waals surface area contributed by atoms with Crippen molar-refractivity contribution >= 4 is 15.9 Å². The van der Waals surface area contributed by atoms with Crippen LogP contribution in [0.5, 0.6) is 0 Å². The average Bonchev–Trinajstić information content (AvgIpc) is 3.47. The minimum Gasteiger partial charge on any atom is -0.255 e. The minimum atomic E-state index is 0.0267. The van der Waals surface area contributed by atoms with E-state index in [4.69, 9.17) is 4.98 Å². The van der Waals surface area contributed by atoms with Crippen LogP contribution in [0.25, 0.3) is 33.5 Å². The van der Waals surface area contributed by atoms with E-state index in [9.17, 15) is 0 Å². The van der Waals surface area contributed by atoms with Gasteiger partial charge in [-0.05, 0) is 123 Å². The summed E-state index contributed by atoms with van der Waals surface area (Å²) < 4.78 is 1.02. The Bertz CT molecular complexity index is 1840. The van der Waals surface area contributed by atoms with Crippen molar-refractivity contribution in [3.8, 4) is 33.5 Å². The molecule has 0 N–H and O–H groups in total. The molecule has 0 aliphatic heterocycles. The van der Waals surface area contributed by atoms with E-state index in [0.717, 1.165) is 16.6 Å². The van der Waals surface area contributed by atoms with Gasteiger partial charge in [-0.2, -0.15) is 0 Å². The number of pyridine rings is 1. The fraction of sp³-hybridized carbons (Fsp3) is 0.442. The maximum absolute atomic E-state index is 4.84. The summed E-state index contributed by atoms with van der Waals surface area (Å²) in [4.78, 5) is 4.84. The number of hydrogen-bond donors (Lipinski definition) is 0. The molecule has 1 aliphatic carbocycles. The predicted molar refractivity (Wildman–Crippen MR) is 237 cm³/mol. The zero-order valence-electron chi connectivity index (χ0n) is 33.4. The highest BCUT2D eigenvalue weighted by molar-refractivity contribution is 9.10. The van der Waals surface area contributed by atoms with Crippen molar-refractivity contribution in [2.75, 3.05) is 0 Å². The number of halogens is 1. The zero-order chi connectivity index (χ0) is 37.4. The number of aryl methyl sites for hydroxylation is 2. The van der Waals surface area contributed by atoms with Gasteiger partial charge in [0.15, 0.2) is 0 Å². The summed E-state index contributed by atoms with van der Waals surface area (Å²) in [5.41, 5.74) is 14.0. The second-order valence-electron chi connectivity index (χ2n) is 16.1. The summed E-state index contributed by atoms with van der Waals surface area (Å²) >= 11 is 3.60. The van der Waals surface area contributed by atoms with E-state index in [1.165, 1.54) is 161 Å². The van der Waals surface area contributed by atoms with Gasteiger partial charge in [0.05, 0.1) is 5.69 Å². The lowest BCUT2D eigenvalue weighted by atomic mass is 9.70. The number of fused-ring (bicyclic) bond motifs is 3. The highest BCUT2D eigenvalue weighted by atomic mass is 79.9. The predicted octanol–water partition coefficient (Wildman–Crippen LogP) is 16.3. The fourth-order valence-corrected chi connectivity index (χ4v) is 9.26. The Hall–Kier alpha value is -3.49. The summed E-state index contributed by atoms with van der Waals surface area (Å²) in [7, 11) is 0. The molecule has 0 saturated heterocycles. The van der Waals surface area contributed by atoms with Crippen LogP contribution in [0, 0.1) is 0 Å². The molecule has 0 unspecified atom stereocenters. The number of unbranched alkanes of at least 4 members (excludes halogenated alkanes) is 13. The first kappa shape index (κ1) is 40.2. The van der Waals surface area contributed by atoms with Gasteiger partial charge in [0.2, 0.25) is 0 Å². The largest absolute Gasteiger partial charge is 0.255 e. The van der Waals surface area contributed by atoms with Crippen LogP contribution in [-0.2, 0) is 18.3 Å². The Morgan fingerprint density at radius 1 is 0.463 bits per heavy atom. The highest BCUT2D eigenvalue weighted by Crippen LogP contribution is 2.55. The van der Waals surface area contributed by atoms with Crippen molar-refractivity contribution in [1.29, 1.82) is 0 Å². The van der Waals surface area contributed by atoms with Gasteiger partial charge >= 0.3 is 0 Å². The molecule has 0 spiro atoms. The lowest BCUT2D eigenvalue weighted by Gasteiger charge is -2.33. The Kier molecular flexibility index (Phi) is 15.6. The molecule has 0 atom stereocenters. The van der Waals surface area contributed by atoms with Crippen LogP contribution < -0.4 is 0 Å². The summed E-state index contributed by atoms with van der Waals surface area (Å²) in [6, 6.07) is 39.4. The van der Waals surface area contributed by atoms with E-state index in [1.807, 2.05) is 6.20 Å².